The Morgan fingerprint density at radius 1 is 0.607 bits per heavy atom. The van der Waals surface area contributed by atoms with Gasteiger partial charge in [-0.25, -0.2) is 0 Å². The smallest absolute Gasteiger partial charge is 0.300 e. The third-order valence-corrected chi connectivity index (χ3v) is 3.32. The van der Waals surface area contributed by atoms with Crippen molar-refractivity contribution in [2.24, 2.45) is 5.41 Å². The van der Waals surface area contributed by atoms with Gasteiger partial charge in [0, 0.05) is 26.2 Å². The Kier molecular flexibility index (Phi) is 30.6. The Hall–Kier alpha value is -1.71. The summed E-state index contributed by atoms with van der Waals surface area (Å²) in [5.41, 5.74) is -0.663. The second kappa shape index (κ2) is 25.3. The van der Waals surface area contributed by atoms with E-state index in [1.165, 1.54) is 32.1 Å². The highest BCUT2D eigenvalue weighted by atomic mass is 16.4. The zero-order valence-corrected chi connectivity index (χ0v) is 17.7. The molecule has 170 valence electrons. The van der Waals surface area contributed by atoms with Crippen LogP contribution in [0, 0.1) is 5.41 Å². The number of carbonyl (C=O) groups is 3. The van der Waals surface area contributed by atoms with E-state index in [2.05, 4.69) is 6.92 Å². The summed E-state index contributed by atoms with van der Waals surface area (Å²) in [6.07, 6.45) is 9.21. The van der Waals surface area contributed by atoms with Gasteiger partial charge in [0.2, 0.25) is 0 Å². The molecule has 0 atom stereocenters. The lowest BCUT2D eigenvalue weighted by Crippen LogP contribution is -2.33. The van der Waals surface area contributed by atoms with E-state index in [0.717, 1.165) is 33.6 Å². The number of hydrogen-bond acceptors (Lipinski definition) is 6. The summed E-state index contributed by atoms with van der Waals surface area (Å²) < 4.78 is 0. The van der Waals surface area contributed by atoms with Crippen molar-refractivity contribution in [2.45, 2.75) is 79.1 Å². The number of aliphatic hydroxyl groups excluding tert-OH is 3. The molecule has 0 aromatic carbocycles. The molecule has 0 amide bonds. The standard InChI is InChI=1S/C13H28O3.3C2H4O2/c1-2-3-4-5-6-7-8-9-13(10-14,11-15)12-16;3*1-2(3)4/h14-16H,2-12H2,1H3;3*1H3,(H,3,4). The van der Waals surface area contributed by atoms with Crippen LogP contribution in [0.3, 0.4) is 0 Å². The fourth-order valence-corrected chi connectivity index (χ4v) is 1.84. The van der Waals surface area contributed by atoms with Crippen LogP contribution in [0.2, 0.25) is 0 Å². The molecule has 0 fully saturated rings. The molecule has 0 bridgehead atoms. The van der Waals surface area contributed by atoms with Crippen molar-refractivity contribution in [1.82, 2.24) is 0 Å². The first-order valence-corrected chi connectivity index (χ1v) is 9.35. The highest BCUT2D eigenvalue weighted by Crippen LogP contribution is 2.23. The average molecular weight is 413 g/mol. The minimum absolute atomic E-state index is 0.129. The summed E-state index contributed by atoms with van der Waals surface area (Å²) in [5, 5.41) is 49.6. The first kappa shape index (κ1) is 33.8. The predicted octanol–water partition coefficient (Wildman–Crippen LogP) is 2.36. The zero-order valence-electron chi connectivity index (χ0n) is 17.7. The minimum Gasteiger partial charge on any atom is -0.481 e. The molecule has 0 heterocycles. The van der Waals surface area contributed by atoms with Crippen LogP contribution in [0.25, 0.3) is 0 Å². The number of hydrogen-bond donors (Lipinski definition) is 6. The molecule has 0 rings (SSSR count). The van der Waals surface area contributed by atoms with Crippen molar-refractivity contribution in [3.63, 3.8) is 0 Å². The molecule has 0 aliphatic rings. The van der Waals surface area contributed by atoms with Gasteiger partial charge in [0.15, 0.2) is 0 Å². The first-order valence-electron chi connectivity index (χ1n) is 9.35. The molecule has 0 spiro atoms. The van der Waals surface area contributed by atoms with E-state index in [1.54, 1.807) is 0 Å². The van der Waals surface area contributed by atoms with Crippen molar-refractivity contribution in [3.05, 3.63) is 0 Å². The first-order chi connectivity index (χ1) is 12.9. The van der Waals surface area contributed by atoms with Crippen LogP contribution in [-0.2, 0) is 14.4 Å². The van der Waals surface area contributed by atoms with E-state index in [4.69, 9.17) is 45.0 Å². The summed E-state index contributed by atoms with van der Waals surface area (Å²) >= 11 is 0. The van der Waals surface area contributed by atoms with Gasteiger partial charge in [0.25, 0.3) is 17.9 Å². The van der Waals surface area contributed by atoms with Gasteiger partial charge in [0.05, 0.1) is 19.8 Å². The molecule has 0 aromatic heterocycles. The normalized spacial score (nSPS) is 9.54. The minimum atomic E-state index is -0.833. The average Bonchev–Trinajstić information content (AvgIpc) is 2.57. The molecule has 9 nitrogen and oxygen atoms in total. The number of aliphatic carboxylic acids is 3. The maximum Gasteiger partial charge on any atom is 0.300 e. The van der Waals surface area contributed by atoms with Gasteiger partial charge < -0.3 is 30.6 Å². The quantitative estimate of drug-likeness (QED) is 0.278. The second-order valence-corrected chi connectivity index (χ2v) is 6.40. The highest BCUT2D eigenvalue weighted by Gasteiger charge is 2.26. The monoisotopic (exact) mass is 412 g/mol. The lowest BCUT2D eigenvalue weighted by Gasteiger charge is -2.27. The van der Waals surface area contributed by atoms with Crippen LogP contribution in [0.4, 0.5) is 0 Å². The lowest BCUT2D eigenvalue weighted by atomic mass is 9.85. The molecule has 0 saturated carbocycles. The molecule has 0 radical (unpaired) electrons. The van der Waals surface area contributed by atoms with E-state index in [9.17, 15) is 0 Å². The number of unbranched alkanes of at least 4 members (excludes halogenated alkanes) is 6. The van der Waals surface area contributed by atoms with Crippen LogP contribution >= 0.6 is 0 Å². The fourth-order valence-electron chi connectivity index (χ4n) is 1.84. The number of carboxylic acid groups (broad SMARTS) is 3. The van der Waals surface area contributed by atoms with Gasteiger partial charge in [-0.15, -0.1) is 0 Å². The number of aliphatic hydroxyl groups is 3. The molecular formula is C19H40O9. The summed E-state index contributed by atoms with van der Waals surface area (Å²) in [7, 11) is 0. The highest BCUT2D eigenvalue weighted by molar-refractivity contribution is 5.63. The van der Waals surface area contributed by atoms with Crippen molar-refractivity contribution in [2.75, 3.05) is 19.8 Å². The maximum atomic E-state index is 9.13. The van der Waals surface area contributed by atoms with Gasteiger partial charge in [-0.1, -0.05) is 51.9 Å². The van der Waals surface area contributed by atoms with Crippen molar-refractivity contribution in [1.29, 1.82) is 0 Å². The van der Waals surface area contributed by atoms with Crippen LogP contribution in [0.15, 0.2) is 0 Å². The largest absolute Gasteiger partial charge is 0.481 e. The third-order valence-electron chi connectivity index (χ3n) is 3.32. The molecule has 0 aromatic rings. The molecule has 6 N–H and O–H groups in total. The van der Waals surface area contributed by atoms with Crippen LogP contribution in [0.5, 0.6) is 0 Å². The Morgan fingerprint density at radius 2 is 0.857 bits per heavy atom. The molecule has 28 heavy (non-hydrogen) atoms. The Bertz CT molecular complexity index is 318. The van der Waals surface area contributed by atoms with E-state index < -0.39 is 23.3 Å². The number of carboxylic acids is 3. The zero-order chi connectivity index (χ0) is 23.0. The Balaban J connectivity index is -0.000000195. The Labute approximate surface area is 168 Å². The topological polar surface area (TPSA) is 173 Å². The summed E-state index contributed by atoms with van der Waals surface area (Å²) in [5.74, 6) is -2.50. The van der Waals surface area contributed by atoms with Crippen LogP contribution in [-0.4, -0.2) is 68.4 Å². The van der Waals surface area contributed by atoms with E-state index in [0.29, 0.717) is 6.42 Å². The fraction of sp³-hybridized carbons (Fsp3) is 0.842. The molecule has 0 aliphatic carbocycles. The van der Waals surface area contributed by atoms with Crippen molar-refractivity contribution < 1.29 is 45.0 Å². The summed E-state index contributed by atoms with van der Waals surface area (Å²) in [4.78, 5) is 27.0. The van der Waals surface area contributed by atoms with Crippen LogP contribution < -0.4 is 0 Å². The molecule has 0 unspecified atom stereocenters. The van der Waals surface area contributed by atoms with Crippen molar-refractivity contribution in [3.8, 4) is 0 Å². The van der Waals surface area contributed by atoms with E-state index in [1.807, 2.05) is 0 Å². The summed E-state index contributed by atoms with van der Waals surface area (Å²) in [6, 6.07) is 0. The van der Waals surface area contributed by atoms with E-state index >= 15 is 0 Å². The molecular weight excluding hydrogens is 372 g/mol. The second-order valence-electron chi connectivity index (χ2n) is 6.40. The lowest BCUT2D eigenvalue weighted by molar-refractivity contribution is -0.135. The van der Waals surface area contributed by atoms with E-state index in [-0.39, 0.29) is 19.8 Å². The van der Waals surface area contributed by atoms with Crippen LogP contribution in [0.1, 0.15) is 79.1 Å². The van der Waals surface area contributed by atoms with Gasteiger partial charge in [-0.05, 0) is 6.42 Å². The molecule has 9 heteroatoms. The SMILES string of the molecule is CC(=O)O.CC(=O)O.CC(=O)O.CCCCCCCCCC(CO)(CO)CO. The predicted molar refractivity (Wildman–Crippen MR) is 106 cm³/mol. The van der Waals surface area contributed by atoms with Gasteiger partial charge in [-0.3, -0.25) is 14.4 Å². The Morgan fingerprint density at radius 3 is 1.11 bits per heavy atom. The van der Waals surface area contributed by atoms with Gasteiger partial charge in [-0.2, -0.15) is 0 Å². The molecule has 0 saturated heterocycles. The molecule has 0 aliphatic heterocycles. The van der Waals surface area contributed by atoms with Gasteiger partial charge in [0.1, 0.15) is 0 Å². The maximum absolute atomic E-state index is 9.13. The third kappa shape index (κ3) is 44.1. The van der Waals surface area contributed by atoms with Gasteiger partial charge >= 0.3 is 0 Å². The number of rotatable bonds is 11. The summed E-state index contributed by atoms with van der Waals surface area (Å²) in [6.45, 7) is 5.07. The van der Waals surface area contributed by atoms with Crippen molar-refractivity contribution >= 4 is 17.9 Å².